The number of amides is 3. The van der Waals surface area contributed by atoms with E-state index in [2.05, 4.69) is 53.2 Å². The van der Waals surface area contributed by atoms with Gasteiger partial charge in [0.1, 0.15) is 35.3 Å². The van der Waals surface area contributed by atoms with E-state index in [0.717, 1.165) is 129 Å². The average molecular weight is 790 g/mol. The topological polar surface area (TPSA) is 158 Å². The van der Waals surface area contributed by atoms with Gasteiger partial charge in [-0.25, -0.2) is 9.97 Å². The molecule has 1 saturated carbocycles. The first-order valence-electron chi connectivity index (χ1n) is 20.9. The van der Waals surface area contributed by atoms with Gasteiger partial charge in [-0.2, -0.15) is 5.10 Å². The molecule has 0 bridgehead atoms. The van der Waals surface area contributed by atoms with E-state index in [1.54, 1.807) is 18.3 Å². The number of nitrogens with one attached hydrogen (secondary N) is 2. The van der Waals surface area contributed by atoms with Gasteiger partial charge in [-0.15, -0.1) is 0 Å². The molecule has 5 aliphatic heterocycles. The summed E-state index contributed by atoms with van der Waals surface area (Å²) < 4.78 is 18.7. The Morgan fingerprint density at radius 2 is 1.71 bits per heavy atom. The van der Waals surface area contributed by atoms with Crippen molar-refractivity contribution >= 4 is 40.1 Å². The van der Waals surface area contributed by atoms with Crippen LogP contribution in [0.4, 0.5) is 11.5 Å². The van der Waals surface area contributed by atoms with Gasteiger partial charge in [-0.1, -0.05) is 0 Å². The van der Waals surface area contributed by atoms with Crippen molar-refractivity contribution in [1.29, 1.82) is 0 Å². The maximum Gasteiger partial charge on any atom is 0.255 e. The molecule has 6 aliphatic rings. The summed E-state index contributed by atoms with van der Waals surface area (Å²) in [6, 6.07) is 11.3. The molecule has 2 aromatic heterocycles. The number of hydrogen-bond donors (Lipinski definition) is 2. The molecule has 4 saturated heterocycles. The number of ether oxygens (including phenoxy) is 3. The Kier molecular flexibility index (Phi) is 9.47. The van der Waals surface area contributed by atoms with E-state index in [0.29, 0.717) is 30.2 Å². The van der Waals surface area contributed by atoms with Crippen LogP contribution in [0.25, 0.3) is 22.3 Å². The third-order valence-electron chi connectivity index (χ3n) is 13.2. The summed E-state index contributed by atoms with van der Waals surface area (Å²) in [7, 11) is 1.65. The fraction of sp³-hybridized carbons (Fsp3) is 0.535. The van der Waals surface area contributed by atoms with Crippen molar-refractivity contribution < 1.29 is 28.6 Å². The van der Waals surface area contributed by atoms with Gasteiger partial charge in [0.25, 0.3) is 5.91 Å². The van der Waals surface area contributed by atoms with E-state index < -0.39 is 11.9 Å². The highest BCUT2D eigenvalue weighted by Gasteiger charge is 2.42. The molecule has 4 aromatic rings. The highest BCUT2D eigenvalue weighted by Crippen LogP contribution is 2.42. The quantitative estimate of drug-likeness (QED) is 0.208. The maximum absolute atomic E-state index is 13.3. The van der Waals surface area contributed by atoms with Gasteiger partial charge < -0.3 is 33.8 Å². The van der Waals surface area contributed by atoms with Crippen molar-refractivity contribution in [3.63, 3.8) is 0 Å². The van der Waals surface area contributed by atoms with Crippen LogP contribution in [-0.4, -0.2) is 124 Å². The van der Waals surface area contributed by atoms with Gasteiger partial charge in [0.15, 0.2) is 0 Å². The zero-order valence-electron chi connectivity index (χ0n) is 33.2. The van der Waals surface area contributed by atoms with Crippen molar-refractivity contribution in [2.75, 3.05) is 62.7 Å². The molecule has 15 nitrogen and oxygen atoms in total. The lowest BCUT2D eigenvalue weighted by Crippen LogP contribution is -2.54. The number of rotatable bonds is 11. The van der Waals surface area contributed by atoms with Gasteiger partial charge in [0.05, 0.1) is 48.5 Å². The minimum atomic E-state index is -0.646. The number of anilines is 2. The van der Waals surface area contributed by atoms with E-state index in [9.17, 15) is 14.4 Å². The molecule has 0 radical (unpaired) electrons. The molecule has 1 atom stereocenters. The van der Waals surface area contributed by atoms with Gasteiger partial charge in [0, 0.05) is 74.8 Å². The van der Waals surface area contributed by atoms with Gasteiger partial charge in [-0.3, -0.25) is 24.8 Å². The second-order valence-electron chi connectivity index (χ2n) is 17.2. The molecule has 10 rings (SSSR count). The molecule has 15 heteroatoms. The van der Waals surface area contributed by atoms with E-state index in [1.165, 1.54) is 0 Å². The molecule has 7 heterocycles. The molecular weight excluding hydrogens is 739 g/mol. The van der Waals surface area contributed by atoms with Crippen LogP contribution in [-0.2, 0) is 20.9 Å². The van der Waals surface area contributed by atoms with E-state index in [4.69, 9.17) is 14.2 Å². The predicted molar refractivity (Wildman–Crippen MR) is 216 cm³/mol. The number of fused-ring (bicyclic) bond motifs is 2. The molecular formula is C43H51N9O6. The lowest BCUT2D eigenvalue weighted by Gasteiger charge is -2.43. The maximum atomic E-state index is 13.3. The number of benzene rings is 2. The van der Waals surface area contributed by atoms with Crippen LogP contribution in [0.5, 0.6) is 11.5 Å². The zero-order valence-corrected chi connectivity index (χ0v) is 33.2. The Bertz CT molecular complexity index is 2240. The normalized spacial score (nSPS) is 23.0. The zero-order chi connectivity index (χ0) is 39.5. The van der Waals surface area contributed by atoms with Crippen molar-refractivity contribution in [1.82, 2.24) is 35.3 Å². The first kappa shape index (κ1) is 37.0. The van der Waals surface area contributed by atoms with Crippen LogP contribution >= 0.6 is 0 Å². The van der Waals surface area contributed by atoms with Crippen LogP contribution < -0.4 is 24.6 Å². The molecule has 2 aromatic carbocycles. The number of carbonyl (C=O) groups is 3. The number of carbonyl (C=O) groups excluding carboxylic acids is 3. The number of hydrogen-bond acceptors (Lipinski definition) is 12. The number of aromatic nitrogens is 4. The van der Waals surface area contributed by atoms with Gasteiger partial charge in [-0.05, 0) is 88.1 Å². The number of imide groups is 1. The Morgan fingerprint density at radius 3 is 2.47 bits per heavy atom. The number of aromatic amines is 1. The molecule has 3 amide bonds. The average Bonchev–Trinajstić information content (AvgIpc) is 3.63. The van der Waals surface area contributed by atoms with E-state index >= 15 is 0 Å². The van der Waals surface area contributed by atoms with Crippen molar-refractivity contribution in [3.8, 4) is 22.9 Å². The third-order valence-corrected chi connectivity index (χ3v) is 13.2. The fourth-order valence-electron chi connectivity index (χ4n) is 9.48. The molecule has 1 unspecified atom stereocenters. The van der Waals surface area contributed by atoms with Crippen LogP contribution in [0.15, 0.2) is 42.7 Å². The number of H-pyrrole nitrogens is 1. The summed E-state index contributed by atoms with van der Waals surface area (Å²) in [6.07, 6.45) is 9.12. The van der Waals surface area contributed by atoms with Gasteiger partial charge in [0.2, 0.25) is 11.8 Å². The molecule has 58 heavy (non-hydrogen) atoms. The van der Waals surface area contributed by atoms with Gasteiger partial charge >= 0.3 is 0 Å². The van der Waals surface area contributed by atoms with Crippen LogP contribution in [0.3, 0.4) is 0 Å². The standard InChI is InChI=1S/C43H51N9O6/c1-43(13-14-43)58-28-3-5-33-31(19-28)39(48-47-33)34-20-37(45-25-44-34)51-22-29(23-51)57-27-11-15-49(16-12-27)21-26-9-17-50(18-10-26)35-6-4-30-32(40(35)56-2)24-52(42(30)55)36-7-8-38(53)46-41(36)54/h3-6,19-20,25-27,29,36H,7-18,21-24H2,1-2H3,(H,47,48)(H,46,53,54). The first-order chi connectivity index (χ1) is 28.2. The molecule has 304 valence electrons. The highest BCUT2D eigenvalue weighted by molar-refractivity contribution is 6.06. The Morgan fingerprint density at radius 1 is 0.897 bits per heavy atom. The van der Waals surface area contributed by atoms with Crippen molar-refractivity contribution in [2.45, 2.75) is 88.7 Å². The van der Waals surface area contributed by atoms with Crippen molar-refractivity contribution in [3.05, 3.63) is 53.9 Å². The summed E-state index contributed by atoms with van der Waals surface area (Å²) in [5.41, 5.74) is 4.91. The van der Waals surface area contributed by atoms with E-state index in [-0.39, 0.29) is 36.0 Å². The highest BCUT2D eigenvalue weighted by atomic mass is 16.5. The molecule has 0 spiro atoms. The summed E-state index contributed by atoms with van der Waals surface area (Å²) >= 11 is 0. The molecule has 1 aliphatic carbocycles. The number of likely N-dealkylation sites (tertiary alicyclic amines) is 1. The minimum Gasteiger partial charge on any atom is -0.494 e. The summed E-state index contributed by atoms with van der Waals surface area (Å²) in [5.74, 6) is 2.21. The Labute approximate surface area is 337 Å². The smallest absolute Gasteiger partial charge is 0.255 e. The number of nitrogens with zero attached hydrogens (tertiary/aromatic N) is 7. The second-order valence-corrected chi connectivity index (χ2v) is 17.2. The fourth-order valence-corrected chi connectivity index (χ4v) is 9.48. The Hall–Kier alpha value is -5.28. The monoisotopic (exact) mass is 789 g/mol. The number of methoxy groups -OCH3 is 1. The minimum absolute atomic E-state index is 0.0475. The molecule has 2 N–H and O–H groups in total. The summed E-state index contributed by atoms with van der Waals surface area (Å²) in [6.45, 7) is 9.14. The largest absolute Gasteiger partial charge is 0.494 e. The predicted octanol–water partition coefficient (Wildman–Crippen LogP) is 4.31. The lowest BCUT2D eigenvalue weighted by molar-refractivity contribution is -0.136. The molecule has 5 fully saturated rings. The van der Waals surface area contributed by atoms with E-state index in [1.807, 2.05) is 30.3 Å². The van der Waals surface area contributed by atoms with Crippen molar-refractivity contribution in [2.24, 2.45) is 5.92 Å². The number of piperidine rings is 3. The van der Waals surface area contributed by atoms with Crippen LogP contribution in [0.2, 0.25) is 0 Å². The first-order valence-corrected chi connectivity index (χ1v) is 20.9. The van der Waals surface area contributed by atoms with Crippen LogP contribution in [0.1, 0.15) is 74.2 Å². The summed E-state index contributed by atoms with van der Waals surface area (Å²) in [4.78, 5) is 55.6. The summed E-state index contributed by atoms with van der Waals surface area (Å²) in [5, 5.41) is 11.1. The SMILES string of the molecule is COc1c(N2CCC(CN3CCC(OC4CN(c5cc(-c6[nH]nc7ccc(OC8(C)CC8)cc67)ncn5)C4)CC3)CC2)ccc2c1CN(C1CCC(=O)NC1=O)C2=O. The lowest BCUT2D eigenvalue weighted by atomic mass is 9.94. The van der Waals surface area contributed by atoms with Crippen LogP contribution in [0, 0.1) is 5.92 Å². The Balaban J connectivity index is 0.679. The third kappa shape index (κ3) is 7.12. The second kappa shape index (κ2) is 14.8.